The molecular formula is C25H30N4O. The highest BCUT2D eigenvalue weighted by molar-refractivity contribution is 5.79. The molecule has 0 spiro atoms. The number of likely N-dealkylation sites (tertiary alicyclic amines) is 1. The number of piperidine rings is 1. The zero-order valence-electron chi connectivity index (χ0n) is 17.7. The van der Waals surface area contributed by atoms with E-state index < -0.39 is 0 Å². The first-order valence-electron chi connectivity index (χ1n) is 10.9. The highest BCUT2D eigenvalue weighted by Gasteiger charge is 2.28. The predicted molar refractivity (Wildman–Crippen MR) is 119 cm³/mol. The Hall–Kier alpha value is -2.92. The number of hydrogen-bond donors (Lipinski definition) is 0. The highest BCUT2D eigenvalue weighted by Crippen LogP contribution is 2.23. The summed E-state index contributed by atoms with van der Waals surface area (Å²) < 4.78 is 2.01. The summed E-state index contributed by atoms with van der Waals surface area (Å²) in [5, 5.41) is 4.50. The number of carbonyl (C=O) groups is 1. The van der Waals surface area contributed by atoms with Crippen molar-refractivity contribution in [2.45, 2.75) is 32.9 Å². The fourth-order valence-corrected chi connectivity index (χ4v) is 4.23. The van der Waals surface area contributed by atoms with Crippen LogP contribution in [-0.2, 0) is 17.9 Å². The van der Waals surface area contributed by atoms with Crippen LogP contribution in [0.3, 0.4) is 0 Å². The maximum absolute atomic E-state index is 13.1. The Bertz CT molecular complexity index is 930. The van der Waals surface area contributed by atoms with E-state index in [9.17, 15) is 4.79 Å². The summed E-state index contributed by atoms with van der Waals surface area (Å²) in [6.45, 7) is 6.27. The number of rotatable bonds is 7. The van der Waals surface area contributed by atoms with Crippen molar-refractivity contribution in [1.29, 1.82) is 0 Å². The van der Waals surface area contributed by atoms with Crippen LogP contribution >= 0.6 is 0 Å². The normalized spacial score (nSPS) is 15.2. The first-order valence-corrected chi connectivity index (χ1v) is 10.9. The first kappa shape index (κ1) is 20.4. The summed E-state index contributed by atoms with van der Waals surface area (Å²) in [5.41, 5.74) is 3.46. The molecule has 0 unspecified atom stereocenters. The fraction of sp³-hybridized carbons (Fsp3) is 0.360. The smallest absolute Gasteiger partial charge is 0.226 e. The molecule has 1 fully saturated rings. The van der Waals surface area contributed by atoms with E-state index in [0.717, 1.165) is 44.7 Å². The summed E-state index contributed by atoms with van der Waals surface area (Å²) in [5.74, 6) is 0.430. The Morgan fingerprint density at radius 2 is 1.67 bits per heavy atom. The maximum Gasteiger partial charge on any atom is 0.226 e. The van der Waals surface area contributed by atoms with Crippen molar-refractivity contribution in [3.8, 4) is 5.69 Å². The van der Waals surface area contributed by atoms with E-state index in [1.165, 1.54) is 11.3 Å². The third-order valence-corrected chi connectivity index (χ3v) is 5.95. The third-order valence-electron chi connectivity index (χ3n) is 5.95. The fourth-order valence-electron chi connectivity index (χ4n) is 4.23. The molecule has 30 heavy (non-hydrogen) atoms. The van der Waals surface area contributed by atoms with Crippen LogP contribution in [0.15, 0.2) is 72.9 Å². The quantitative estimate of drug-likeness (QED) is 0.597. The predicted octanol–water partition coefficient (Wildman–Crippen LogP) is 4.13. The molecule has 2 aromatic carbocycles. The van der Waals surface area contributed by atoms with Gasteiger partial charge in [0.05, 0.1) is 11.4 Å². The Morgan fingerprint density at radius 1 is 1.00 bits per heavy atom. The second-order valence-electron chi connectivity index (χ2n) is 7.96. The summed E-state index contributed by atoms with van der Waals surface area (Å²) in [4.78, 5) is 17.5. The number of hydrogen-bond acceptors (Lipinski definition) is 3. The van der Waals surface area contributed by atoms with Gasteiger partial charge in [-0.15, -0.1) is 0 Å². The van der Waals surface area contributed by atoms with Crippen LogP contribution in [0.1, 0.15) is 31.0 Å². The molecule has 0 bridgehead atoms. The number of aromatic nitrogens is 2. The molecule has 4 rings (SSSR count). The molecule has 0 atom stereocenters. The van der Waals surface area contributed by atoms with Gasteiger partial charge < -0.3 is 4.90 Å². The van der Waals surface area contributed by atoms with Gasteiger partial charge in [-0.1, -0.05) is 48.5 Å². The van der Waals surface area contributed by atoms with E-state index in [-0.39, 0.29) is 5.92 Å². The molecule has 0 radical (unpaired) electrons. The average molecular weight is 403 g/mol. The van der Waals surface area contributed by atoms with Gasteiger partial charge in [0.2, 0.25) is 5.91 Å². The van der Waals surface area contributed by atoms with Crippen LogP contribution in [0.2, 0.25) is 0 Å². The van der Waals surface area contributed by atoms with Crippen molar-refractivity contribution in [2.24, 2.45) is 5.92 Å². The molecule has 156 valence electrons. The van der Waals surface area contributed by atoms with Crippen molar-refractivity contribution < 1.29 is 4.79 Å². The summed E-state index contributed by atoms with van der Waals surface area (Å²) in [7, 11) is 0. The van der Waals surface area contributed by atoms with Crippen LogP contribution < -0.4 is 0 Å². The lowest BCUT2D eigenvalue weighted by Crippen LogP contribution is -2.42. The Balaban J connectivity index is 1.33. The monoisotopic (exact) mass is 402 g/mol. The topological polar surface area (TPSA) is 41.4 Å². The number of para-hydroxylation sites is 1. The molecule has 1 saturated heterocycles. The molecule has 0 N–H and O–H groups in total. The van der Waals surface area contributed by atoms with Gasteiger partial charge in [0.15, 0.2) is 0 Å². The minimum atomic E-state index is 0.129. The zero-order chi connectivity index (χ0) is 20.8. The molecule has 1 aliphatic rings. The lowest BCUT2D eigenvalue weighted by atomic mass is 9.95. The van der Waals surface area contributed by atoms with Gasteiger partial charge >= 0.3 is 0 Å². The summed E-state index contributed by atoms with van der Waals surface area (Å²) in [6.07, 6.45) is 3.70. The molecule has 5 heteroatoms. The van der Waals surface area contributed by atoms with E-state index >= 15 is 0 Å². The lowest BCUT2D eigenvalue weighted by Gasteiger charge is -2.34. The van der Waals surface area contributed by atoms with Gasteiger partial charge in [0, 0.05) is 31.7 Å². The number of benzene rings is 2. The average Bonchev–Trinajstić information content (AvgIpc) is 3.27. The van der Waals surface area contributed by atoms with Crippen LogP contribution in [-0.4, -0.2) is 45.1 Å². The second kappa shape index (κ2) is 9.72. The number of amides is 1. The first-order chi connectivity index (χ1) is 14.7. The van der Waals surface area contributed by atoms with Crippen molar-refractivity contribution in [3.05, 3.63) is 84.2 Å². The largest absolute Gasteiger partial charge is 0.338 e. The summed E-state index contributed by atoms with van der Waals surface area (Å²) in [6, 6.07) is 22.6. The lowest BCUT2D eigenvalue weighted by molar-refractivity contribution is -0.137. The van der Waals surface area contributed by atoms with Gasteiger partial charge in [0.1, 0.15) is 0 Å². The molecule has 1 amide bonds. The minimum Gasteiger partial charge on any atom is -0.338 e. The van der Waals surface area contributed by atoms with Crippen molar-refractivity contribution in [2.75, 3.05) is 19.6 Å². The Labute approximate surface area is 178 Å². The summed E-state index contributed by atoms with van der Waals surface area (Å²) >= 11 is 0. The van der Waals surface area contributed by atoms with Crippen molar-refractivity contribution in [3.63, 3.8) is 0 Å². The SMILES string of the molecule is CCN(Cc1ccccc1)C(=O)C1CCN(Cc2ccnn2-c2ccccc2)CC1. The van der Waals surface area contributed by atoms with Gasteiger partial charge in [0.25, 0.3) is 0 Å². The highest BCUT2D eigenvalue weighted by atomic mass is 16.2. The van der Waals surface area contributed by atoms with Crippen LogP contribution in [0.4, 0.5) is 0 Å². The standard InChI is InChI=1S/C25H30N4O/c1-2-28(19-21-9-5-3-6-10-21)25(30)22-14-17-27(18-15-22)20-24-13-16-26-29(24)23-11-7-4-8-12-23/h3-13,16,22H,2,14-15,17-20H2,1H3. The van der Waals surface area contributed by atoms with E-state index in [0.29, 0.717) is 12.5 Å². The van der Waals surface area contributed by atoms with E-state index in [2.05, 4.69) is 47.3 Å². The van der Waals surface area contributed by atoms with Crippen molar-refractivity contribution >= 4 is 5.91 Å². The maximum atomic E-state index is 13.1. The molecular weight excluding hydrogens is 372 g/mol. The molecule has 1 aromatic heterocycles. The molecule has 1 aliphatic heterocycles. The van der Waals surface area contributed by atoms with E-state index in [1.54, 1.807) is 0 Å². The van der Waals surface area contributed by atoms with Crippen LogP contribution in [0.5, 0.6) is 0 Å². The van der Waals surface area contributed by atoms with Gasteiger partial charge in [-0.25, -0.2) is 4.68 Å². The molecule has 3 aromatic rings. The van der Waals surface area contributed by atoms with Crippen LogP contribution in [0, 0.1) is 5.92 Å². The number of carbonyl (C=O) groups excluding carboxylic acids is 1. The zero-order valence-corrected chi connectivity index (χ0v) is 17.7. The van der Waals surface area contributed by atoms with Gasteiger partial charge in [-0.3, -0.25) is 9.69 Å². The Kier molecular flexibility index (Phi) is 6.60. The number of nitrogens with zero attached hydrogens (tertiary/aromatic N) is 4. The molecule has 5 nitrogen and oxygen atoms in total. The third kappa shape index (κ3) is 4.79. The van der Waals surface area contributed by atoms with E-state index in [4.69, 9.17) is 0 Å². The minimum absolute atomic E-state index is 0.129. The Morgan fingerprint density at radius 3 is 2.33 bits per heavy atom. The molecule has 2 heterocycles. The van der Waals surface area contributed by atoms with Crippen LogP contribution in [0.25, 0.3) is 5.69 Å². The second-order valence-corrected chi connectivity index (χ2v) is 7.96. The van der Waals surface area contributed by atoms with Gasteiger partial charge in [-0.05, 0) is 56.6 Å². The molecule has 0 saturated carbocycles. The van der Waals surface area contributed by atoms with Crippen molar-refractivity contribution in [1.82, 2.24) is 19.6 Å². The van der Waals surface area contributed by atoms with E-state index in [1.807, 2.05) is 52.2 Å². The van der Waals surface area contributed by atoms with Gasteiger partial charge in [-0.2, -0.15) is 5.10 Å². The molecule has 0 aliphatic carbocycles.